The molecule has 5 rings (SSSR count). The van der Waals surface area contributed by atoms with Crippen LogP contribution >= 0.6 is 12.2 Å². The number of para-hydroxylation sites is 3. The highest BCUT2D eigenvalue weighted by molar-refractivity contribution is 7.80. The molecule has 0 aliphatic carbocycles. The van der Waals surface area contributed by atoms with E-state index in [1.54, 1.807) is 36.5 Å². The van der Waals surface area contributed by atoms with Crippen LogP contribution in [-0.2, 0) is 0 Å². The van der Waals surface area contributed by atoms with Gasteiger partial charge in [0.1, 0.15) is 11.6 Å². The van der Waals surface area contributed by atoms with E-state index in [4.69, 9.17) is 12.2 Å². The summed E-state index contributed by atoms with van der Waals surface area (Å²) in [5, 5.41) is 14.3. The zero-order valence-corrected chi connectivity index (χ0v) is 19.1. The molecule has 7 heteroatoms. The topological polar surface area (TPSA) is 53.3 Å². The van der Waals surface area contributed by atoms with Crippen molar-refractivity contribution in [1.82, 2.24) is 14.9 Å². The average molecular weight is 459 g/mol. The summed E-state index contributed by atoms with van der Waals surface area (Å²) in [5.74, 6) is -0.152. The molecular formula is C26H23FN4OS. The normalized spacial score (nSPS) is 17.9. The Morgan fingerprint density at radius 2 is 1.67 bits per heavy atom. The third-order valence-corrected chi connectivity index (χ3v) is 6.44. The van der Waals surface area contributed by atoms with Crippen LogP contribution in [0.15, 0.2) is 79.0 Å². The Morgan fingerprint density at radius 3 is 2.36 bits per heavy atom. The van der Waals surface area contributed by atoms with E-state index in [0.29, 0.717) is 16.5 Å². The first kappa shape index (κ1) is 21.2. The molecule has 2 atom stereocenters. The molecule has 0 spiro atoms. The van der Waals surface area contributed by atoms with Crippen molar-refractivity contribution in [3.63, 3.8) is 0 Å². The summed E-state index contributed by atoms with van der Waals surface area (Å²) < 4.78 is 17.0. The number of phenolic OH excluding ortho intramolecular Hbond substituents is 1. The van der Waals surface area contributed by atoms with Crippen molar-refractivity contribution in [2.75, 3.05) is 4.90 Å². The second-order valence-electron chi connectivity index (χ2n) is 8.10. The molecular weight excluding hydrogens is 435 g/mol. The lowest BCUT2D eigenvalue weighted by molar-refractivity contribution is 0.471. The van der Waals surface area contributed by atoms with Crippen molar-refractivity contribution in [3.05, 3.63) is 107 Å². The molecule has 3 heterocycles. The largest absolute Gasteiger partial charge is 0.506 e. The van der Waals surface area contributed by atoms with Crippen LogP contribution in [0.5, 0.6) is 5.75 Å². The molecule has 0 bridgehead atoms. The van der Waals surface area contributed by atoms with Gasteiger partial charge >= 0.3 is 0 Å². The van der Waals surface area contributed by atoms with Gasteiger partial charge in [0.15, 0.2) is 5.11 Å². The number of rotatable bonds is 4. The Hall–Kier alpha value is -3.71. The standard InChI is InChI=1S/C26H23FN4OS/c1-16-15-18(17(2)30(16)22-12-5-6-13-23(22)32)25-24(20-10-7-8-14-28-20)29-26(33)31(25)21-11-4-3-9-19(21)27/h3-15,24-25,32H,1-2H3,(H,29,33)/t24-,25-/m0/s1. The lowest BCUT2D eigenvalue weighted by atomic mass is 9.96. The van der Waals surface area contributed by atoms with Crippen LogP contribution in [0, 0.1) is 19.7 Å². The summed E-state index contributed by atoms with van der Waals surface area (Å²) in [4.78, 5) is 6.40. The van der Waals surface area contributed by atoms with E-state index in [2.05, 4.69) is 16.4 Å². The summed E-state index contributed by atoms with van der Waals surface area (Å²) in [7, 11) is 0. The smallest absolute Gasteiger partial charge is 0.174 e. The summed E-state index contributed by atoms with van der Waals surface area (Å²) in [5.41, 5.74) is 4.78. The summed E-state index contributed by atoms with van der Waals surface area (Å²) in [6.07, 6.45) is 1.74. The van der Waals surface area contributed by atoms with Gasteiger partial charge in [0, 0.05) is 17.6 Å². The van der Waals surface area contributed by atoms with Gasteiger partial charge in [-0.1, -0.05) is 30.3 Å². The molecule has 1 aliphatic rings. The summed E-state index contributed by atoms with van der Waals surface area (Å²) >= 11 is 5.71. The number of aromatic hydroxyl groups is 1. The van der Waals surface area contributed by atoms with E-state index < -0.39 is 0 Å². The van der Waals surface area contributed by atoms with Gasteiger partial charge in [-0.15, -0.1) is 0 Å². The van der Waals surface area contributed by atoms with Crippen molar-refractivity contribution in [1.29, 1.82) is 0 Å². The predicted molar refractivity (Wildman–Crippen MR) is 131 cm³/mol. The third-order valence-electron chi connectivity index (χ3n) is 6.12. The van der Waals surface area contributed by atoms with E-state index in [0.717, 1.165) is 22.6 Å². The van der Waals surface area contributed by atoms with Crippen LogP contribution in [0.2, 0.25) is 0 Å². The van der Waals surface area contributed by atoms with E-state index >= 15 is 0 Å². The molecule has 33 heavy (non-hydrogen) atoms. The first-order valence-corrected chi connectivity index (χ1v) is 11.1. The fraction of sp³-hybridized carbons (Fsp3) is 0.154. The van der Waals surface area contributed by atoms with Gasteiger partial charge in [-0.05, 0) is 74.1 Å². The molecule has 2 N–H and O–H groups in total. The van der Waals surface area contributed by atoms with E-state index in [-0.39, 0.29) is 23.7 Å². The number of aryl methyl sites for hydroxylation is 1. The maximum atomic E-state index is 15.0. The minimum atomic E-state index is -0.345. The van der Waals surface area contributed by atoms with Crippen LogP contribution < -0.4 is 10.2 Å². The Kier molecular flexibility index (Phi) is 5.34. The maximum Gasteiger partial charge on any atom is 0.174 e. The molecule has 2 aromatic heterocycles. The fourth-order valence-corrected chi connectivity index (χ4v) is 5.03. The van der Waals surface area contributed by atoms with Gasteiger partial charge in [-0.2, -0.15) is 0 Å². The third kappa shape index (κ3) is 3.54. The number of phenols is 1. The highest BCUT2D eigenvalue weighted by Crippen LogP contribution is 2.44. The quantitative estimate of drug-likeness (QED) is 0.395. The molecule has 1 aliphatic heterocycles. The Balaban J connectivity index is 1.71. The van der Waals surface area contributed by atoms with Crippen LogP contribution in [0.25, 0.3) is 5.69 Å². The van der Waals surface area contributed by atoms with E-state index in [1.165, 1.54) is 6.07 Å². The number of hydrogen-bond acceptors (Lipinski definition) is 3. The SMILES string of the molecule is Cc1cc([C@H]2[C@H](c3ccccn3)NC(=S)N2c2ccccc2F)c(C)n1-c1ccccc1O. The highest BCUT2D eigenvalue weighted by Gasteiger charge is 2.43. The second kappa shape index (κ2) is 8.33. The second-order valence-corrected chi connectivity index (χ2v) is 8.49. The van der Waals surface area contributed by atoms with Gasteiger partial charge < -0.3 is 19.9 Å². The fourth-order valence-electron chi connectivity index (χ4n) is 4.69. The number of nitrogens with one attached hydrogen (secondary N) is 1. The number of hydrogen-bond donors (Lipinski definition) is 2. The number of halogens is 1. The predicted octanol–water partition coefficient (Wildman–Crippen LogP) is 5.51. The molecule has 0 saturated carbocycles. The Bertz CT molecular complexity index is 1340. The summed E-state index contributed by atoms with van der Waals surface area (Å²) in [6.45, 7) is 4.00. The first-order chi connectivity index (χ1) is 16.0. The monoisotopic (exact) mass is 458 g/mol. The Morgan fingerprint density at radius 1 is 0.970 bits per heavy atom. The maximum absolute atomic E-state index is 15.0. The Labute approximate surface area is 197 Å². The van der Waals surface area contributed by atoms with Crippen LogP contribution in [0.4, 0.5) is 10.1 Å². The van der Waals surface area contributed by atoms with Crippen LogP contribution in [-0.4, -0.2) is 19.8 Å². The van der Waals surface area contributed by atoms with Gasteiger partial charge in [0.2, 0.25) is 0 Å². The summed E-state index contributed by atoms with van der Waals surface area (Å²) in [6, 6.07) is 21.1. The molecule has 0 unspecified atom stereocenters. The van der Waals surface area contributed by atoms with Gasteiger partial charge in [-0.3, -0.25) is 4.98 Å². The van der Waals surface area contributed by atoms with Crippen molar-refractivity contribution in [2.24, 2.45) is 0 Å². The van der Waals surface area contributed by atoms with Crippen LogP contribution in [0.1, 0.15) is 34.7 Å². The lowest BCUT2D eigenvalue weighted by Crippen LogP contribution is -2.30. The lowest BCUT2D eigenvalue weighted by Gasteiger charge is -2.28. The first-order valence-electron chi connectivity index (χ1n) is 10.7. The van der Waals surface area contributed by atoms with Crippen molar-refractivity contribution in [2.45, 2.75) is 25.9 Å². The molecule has 0 radical (unpaired) electrons. The molecule has 4 aromatic rings. The van der Waals surface area contributed by atoms with Gasteiger partial charge in [-0.25, -0.2) is 4.39 Å². The van der Waals surface area contributed by atoms with Crippen molar-refractivity contribution in [3.8, 4) is 11.4 Å². The van der Waals surface area contributed by atoms with Crippen molar-refractivity contribution >= 4 is 23.0 Å². The number of thiocarbonyl (C=S) groups is 1. The van der Waals surface area contributed by atoms with E-state index in [9.17, 15) is 9.50 Å². The molecule has 0 amide bonds. The highest BCUT2D eigenvalue weighted by atomic mass is 32.1. The minimum Gasteiger partial charge on any atom is -0.506 e. The molecule has 1 fully saturated rings. The zero-order chi connectivity index (χ0) is 23.1. The number of aromatic nitrogens is 2. The van der Waals surface area contributed by atoms with Gasteiger partial charge in [0.05, 0.1) is 29.2 Å². The van der Waals surface area contributed by atoms with Crippen LogP contribution in [0.3, 0.4) is 0 Å². The van der Waals surface area contributed by atoms with E-state index in [1.807, 2.05) is 53.6 Å². The number of nitrogens with zero attached hydrogens (tertiary/aromatic N) is 3. The molecule has 2 aromatic carbocycles. The van der Waals surface area contributed by atoms with Crippen molar-refractivity contribution < 1.29 is 9.50 Å². The number of benzene rings is 2. The zero-order valence-electron chi connectivity index (χ0n) is 18.2. The van der Waals surface area contributed by atoms with Gasteiger partial charge in [0.25, 0.3) is 0 Å². The number of anilines is 1. The molecule has 166 valence electrons. The molecule has 5 nitrogen and oxygen atoms in total. The molecule has 1 saturated heterocycles. The average Bonchev–Trinajstić information content (AvgIpc) is 3.30. The number of pyridine rings is 1. The minimum absolute atomic E-state index is 0.193.